The molecule has 2 heterocycles. The van der Waals surface area contributed by atoms with Crippen LogP contribution in [0.15, 0.2) is 99.6 Å². The second-order valence-electron chi connectivity index (χ2n) is 10.3. The molecule has 0 aromatic heterocycles. The molecule has 1 fully saturated rings. The number of fused-ring (bicyclic) bond motifs is 3. The Balaban J connectivity index is 1.53. The first-order chi connectivity index (χ1) is 17.9. The van der Waals surface area contributed by atoms with Crippen molar-refractivity contribution in [3.05, 3.63) is 109 Å². The maximum Gasteiger partial charge on any atom is 0.243 e. The Bertz CT molecular complexity index is 1440. The summed E-state index contributed by atoms with van der Waals surface area (Å²) in [5.74, 6) is 1.11. The van der Waals surface area contributed by atoms with Crippen molar-refractivity contribution in [2.45, 2.75) is 61.0 Å². The summed E-state index contributed by atoms with van der Waals surface area (Å²) in [6, 6.07) is 25.4. The van der Waals surface area contributed by atoms with Crippen LogP contribution in [0, 0.1) is 3.57 Å². The number of nitrogens with zero attached hydrogens (tertiary/aromatic N) is 1. The molecule has 0 spiro atoms. The highest BCUT2D eigenvalue weighted by Crippen LogP contribution is 2.54. The fourth-order valence-electron chi connectivity index (χ4n) is 6.45. The van der Waals surface area contributed by atoms with Crippen molar-refractivity contribution in [3.63, 3.8) is 0 Å². The van der Waals surface area contributed by atoms with E-state index in [9.17, 15) is 8.42 Å². The molecule has 2 bridgehead atoms. The lowest BCUT2D eigenvalue weighted by Gasteiger charge is -2.55. The topological polar surface area (TPSA) is 46.6 Å². The van der Waals surface area contributed by atoms with Gasteiger partial charge >= 0.3 is 0 Å². The van der Waals surface area contributed by atoms with Crippen molar-refractivity contribution in [1.82, 2.24) is 4.31 Å². The molecule has 1 saturated heterocycles. The van der Waals surface area contributed by atoms with Crippen LogP contribution in [0.3, 0.4) is 0 Å². The third-order valence-electron chi connectivity index (χ3n) is 8.16. The number of sulfonamides is 1. The fourth-order valence-corrected chi connectivity index (χ4v) is 9.33. The van der Waals surface area contributed by atoms with Crippen LogP contribution >= 0.6 is 38.5 Å². The van der Waals surface area contributed by atoms with Crippen LogP contribution in [-0.2, 0) is 26.6 Å². The van der Waals surface area contributed by atoms with Crippen LogP contribution in [0.5, 0.6) is 0 Å². The Morgan fingerprint density at radius 2 is 1.65 bits per heavy atom. The lowest BCUT2D eigenvalue weighted by Crippen LogP contribution is -2.63. The number of hydrogen-bond donors (Lipinski definition) is 0. The van der Waals surface area contributed by atoms with Crippen molar-refractivity contribution in [2.24, 2.45) is 0 Å². The van der Waals surface area contributed by atoms with E-state index in [-0.39, 0.29) is 17.6 Å². The molecular weight excluding hydrogens is 661 g/mol. The number of benzene rings is 3. The van der Waals surface area contributed by atoms with E-state index in [0.29, 0.717) is 17.9 Å². The minimum Gasteiger partial charge on any atom is -0.493 e. The molecular formula is C30H29BrINO3S. The summed E-state index contributed by atoms with van der Waals surface area (Å²) in [4.78, 5) is 0.324. The maximum atomic E-state index is 14.4. The van der Waals surface area contributed by atoms with Crippen LogP contribution in [0.25, 0.3) is 0 Å². The number of halogens is 2. The van der Waals surface area contributed by atoms with Gasteiger partial charge in [-0.25, -0.2) is 8.42 Å². The summed E-state index contributed by atoms with van der Waals surface area (Å²) in [6.45, 7) is 0.432. The molecule has 0 amide bonds. The average molecular weight is 690 g/mol. The van der Waals surface area contributed by atoms with Gasteiger partial charge in [0, 0.05) is 32.8 Å². The molecule has 37 heavy (non-hydrogen) atoms. The number of piperidine rings is 1. The van der Waals surface area contributed by atoms with E-state index in [1.807, 2.05) is 18.2 Å². The Hall–Kier alpha value is -1.68. The number of hydrogen-bond acceptors (Lipinski definition) is 3. The third kappa shape index (κ3) is 4.60. The van der Waals surface area contributed by atoms with Gasteiger partial charge in [-0.2, -0.15) is 4.31 Å². The summed E-state index contributed by atoms with van der Waals surface area (Å²) in [5.41, 5.74) is 3.28. The Kier molecular flexibility index (Phi) is 7.01. The lowest BCUT2D eigenvalue weighted by atomic mass is 9.63. The zero-order chi connectivity index (χ0) is 25.6. The molecule has 0 saturated carbocycles. The predicted octanol–water partition coefficient (Wildman–Crippen LogP) is 7.22. The van der Waals surface area contributed by atoms with E-state index < -0.39 is 10.0 Å². The van der Waals surface area contributed by atoms with Gasteiger partial charge in [0.25, 0.3) is 0 Å². The molecule has 6 rings (SSSR count). The molecule has 7 heteroatoms. The largest absolute Gasteiger partial charge is 0.493 e. The highest BCUT2D eigenvalue weighted by Gasteiger charge is 2.56. The number of rotatable bonds is 5. The zero-order valence-corrected chi connectivity index (χ0v) is 25.0. The van der Waals surface area contributed by atoms with Crippen LogP contribution in [0.4, 0.5) is 0 Å². The van der Waals surface area contributed by atoms with Gasteiger partial charge in [0.05, 0.1) is 16.7 Å². The molecule has 4 nitrogen and oxygen atoms in total. The molecule has 3 atom stereocenters. The fraction of sp³-hybridized carbons (Fsp3) is 0.333. The van der Waals surface area contributed by atoms with Crippen molar-refractivity contribution in [3.8, 4) is 0 Å². The van der Waals surface area contributed by atoms with Crippen LogP contribution in [0.2, 0.25) is 0 Å². The molecule has 192 valence electrons. The predicted molar refractivity (Wildman–Crippen MR) is 158 cm³/mol. The Labute approximate surface area is 241 Å². The number of allylic oxidation sites excluding steroid dienone is 1. The van der Waals surface area contributed by atoms with Gasteiger partial charge in [-0.3, -0.25) is 0 Å². The van der Waals surface area contributed by atoms with Crippen molar-refractivity contribution < 1.29 is 13.2 Å². The molecule has 3 aliphatic rings. The average Bonchev–Trinajstić information content (AvgIpc) is 2.91. The minimum atomic E-state index is -3.78. The lowest BCUT2D eigenvalue weighted by molar-refractivity contribution is -0.0338. The van der Waals surface area contributed by atoms with E-state index in [4.69, 9.17) is 4.74 Å². The Morgan fingerprint density at radius 1 is 0.946 bits per heavy atom. The van der Waals surface area contributed by atoms with Gasteiger partial charge in [0.15, 0.2) is 0 Å². The van der Waals surface area contributed by atoms with Gasteiger partial charge in [0.2, 0.25) is 10.0 Å². The SMILES string of the molecule is O=S(=O)(c1ccc(Br)cc1)N1C[C@@]2(c3ccccc3I)C[C@H](OC3=C2CCCC3)[C@@H]1Cc1ccccc1. The zero-order valence-electron chi connectivity index (χ0n) is 20.4. The first-order valence-corrected chi connectivity index (χ1v) is 16.2. The van der Waals surface area contributed by atoms with Gasteiger partial charge in [0.1, 0.15) is 6.10 Å². The molecule has 2 aliphatic heterocycles. The van der Waals surface area contributed by atoms with Crippen molar-refractivity contribution >= 4 is 48.5 Å². The summed E-state index contributed by atoms with van der Waals surface area (Å²) in [7, 11) is -3.78. The molecule has 1 aliphatic carbocycles. The van der Waals surface area contributed by atoms with E-state index >= 15 is 0 Å². The Morgan fingerprint density at radius 3 is 2.41 bits per heavy atom. The summed E-state index contributed by atoms with van der Waals surface area (Å²) < 4.78 is 39.4. The molecule has 0 radical (unpaired) electrons. The quantitative estimate of drug-likeness (QED) is 0.266. The van der Waals surface area contributed by atoms with Crippen molar-refractivity contribution in [2.75, 3.05) is 6.54 Å². The first-order valence-electron chi connectivity index (χ1n) is 12.8. The van der Waals surface area contributed by atoms with E-state index in [0.717, 1.165) is 47.9 Å². The van der Waals surface area contributed by atoms with E-state index in [1.54, 1.807) is 28.6 Å². The van der Waals surface area contributed by atoms with Crippen molar-refractivity contribution in [1.29, 1.82) is 0 Å². The second-order valence-corrected chi connectivity index (χ2v) is 14.3. The second kappa shape index (κ2) is 10.1. The van der Waals surface area contributed by atoms with Gasteiger partial charge < -0.3 is 4.74 Å². The normalized spacial score (nSPS) is 25.9. The maximum absolute atomic E-state index is 14.4. The third-order valence-corrected chi connectivity index (χ3v) is 11.5. The highest BCUT2D eigenvalue weighted by molar-refractivity contribution is 14.1. The smallest absolute Gasteiger partial charge is 0.243 e. The monoisotopic (exact) mass is 689 g/mol. The van der Waals surface area contributed by atoms with Gasteiger partial charge in [-0.05, 0) is 95.3 Å². The molecule has 0 unspecified atom stereocenters. The standard InChI is InChI=1S/C30H29BrINO3S/c31-22-14-16-23(17-15-22)37(34,35)33-20-30(24-10-4-6-12-26(24)32)19-29(36-28-13-7-5-11-25(28)30)27(33)18-21-8-2-1-3-9-21/h1-4,6,8-10,12,14-17,27,29H,5,7,11,13,18-20H2/t27-,29-,30+/m0/s1. The summed E-state index contributed by atoms with van der Waals surface area (Å²) in [5, 5.41) is 0. The van der Waals surface area contributed by atoms with E-state index in [2.05, 4.69) is 74.9 Å². The van der Waals surface area contributed by atoms with Crippen LogP contribution in [-0.4, -0.2) is 31.4 Å². The molecule has 3 aromatic carbocycles. The van der Waals surface area contributed by atoms with E-state index in [1.165, 1.54) is 14.7 Å². The first kappa shape index (κ1) is 25.6. The van der Waals surface area contributed by atoms with Gasteiger partial charge in [-0.15, -0.1) is 0 Å². The van der Waals surface area contributed by atoms with Crippen LogP contribution in [0.1, 0.15) is 43.2 Å². The highest BCUT2D eigenvalue weighted by atomic mass is 127. The summed E-state index contributed by atoms with van der Waals surface area (Å²) in [6.07, 6.45) is 5.34. The summed E-state index contributed by atoms with van der Waals surface area (Å²) >= 11 is 5.87. The van der Waals surface area contributed by atoms with Crippen LogP contribution < -0.4 is 0 Å². The number of ether oxygens (including phenoxy) is 1. The molecule has 0 N–H and O–H groups in total. The van der Waals surface area contributed by atoms with Gasteiger partial charge in [-0.1, -0.05) is 64.5 Å². The molecule has 3 aromatic rings. The minimum absolute atomic E-state index is 0.216.